The van der Waals surface area contributed by atoms with Crippen LogP contribution in [0.3, 0.4) is 0 Å². The second kappa shape index (κ2) is 14.1. The SMILES string of the molecule is Nc1ccc(N=Nc2ccc(-c3ccc(N=Nc4c(S(=O)(=O)O)cc5cc(S(=O)(=O)O)c(N=Nc6ccc(N)cc6N)cc5c4O)cc3)cc2)c(N)c1. The third kappa shape index (κ3) is 8.08. The lowest BCUT2D eigenvalue weighted by molar-refractivity contribution is 0.472. The van der Waals surface area contributed by atoms with Gasteiger partial charge in [0.1, 0.15) is 32.5 Å². The Morgan fingerprint density at radius 2 is 0.906 bits per heavy atom. The zero-order valence-corrected chi connectivity index (χ0v) is 28.7. The van der Waals surface area contributed by atoms with E-state index in [0.29, 0.717) is 28.4 Å². The van der Waals surface area contributed by atoms with Crippen molar-refractivity contribution in [3.8, 4) is 16.9 Å². The van der Waals surface area contributed by atoms with E-state index in [0.717, 1.165) is 29.3 Å². The van der Waals surface area contributed by atoms with E-state index in [4.69, 9.17) is 22.9 Å². The smallest absolute Gasteiger partial charge is 0.296 e. The number of fused-ring (bicyclic) bond motifs is 1. The Kier molecular flexibility index (Phi) is 9.56. The maximum atomic E-state index is 12.4. The maximum absolute atomic E-state index is 12.4. The quantitative estimate of drug-likeness (QED) is 0.0418. The first kappa shape index (κ1) is 36.0. The predicted octanol–water partition coefficient (Wildman–Crippen LogP) is 8.28. The second-order valence-electron chi connectivity index (χ2n) is 11.4. The van der Waals surface area contributed by atoms with Crippen molar-refractivity contribution in [3.63, 3.8) is 0 Å². The molecule has 0 heterocycles. The molecule has 0 amide bonds. The molecule has 11 N–H and O–H groups in total. The Balaban J connectivity index is 1.31. The molecule has 53 heavy (non-hydrogen) atoms. The van der Waals surface area contributed by atoms with E-state index in [9.17, 15) is 31.0 Å². The second-order valence-corrected chi connectivity index (χ2v) is 14.2. The molecule has 0 saturated carbocycles. The topological polar surface area (TPSA) is 307 Å². The summed E-state index contributed by atoms with van der Waals surface area (Å²) < 4.78 is 69.2. The molecule has 0 atom stereocenters. The fraction of sp³-hybridized carbons (Fsp3) is 0. The highest BCUT2D eigenvalue weighted by Gasteiger charge is 2.25. The fourth-order valence-electron chi connectivity index (χ4n) is 5.04. The van der Waals surface area contributed by atoms with Crippen molar-refractivity contribution in [1.82, 2.24) is 0 Å². The molecule has 6 aromatic rings. The normalized spacial score (nSPS) is 12.4. The van der Waals surface area contributed by atoms with Crippen LogP contribution in [0.4, 0.5) is 56.9 Å². The summed E-state index contributed by atoms with van der Waals surface area (Å²) in [7, 11) is -10.0. The molecule has 0 radical (unpaired) electrons. The van der Waals surface area contributed by atoms with Crippen molar-refractivity contribution < 1.29 is 31.0 Å². The van der Waals surface area contributed by atoms with Gasteiger partial charge >= 0.3 is 0 Å². The Morgan fingerprint density at radius 3 is 1.38 bits per heavy atom. The van der Waals surface area contributed by atoms with E-state index in [1.165, 1.54) is 18.2 Å². The molecule has 0 aromatic heterocycles. The van der Waals surface area contributed by atoms with Crippen molar-refractivity contribution in [3.05, 3.63) is 103 Å². The van der Waals surface area contributed by atoms with Gasteiger partial charge < -0.3 is 28.0 Å². The standard InChI is InChI=1S/C34H28N10O7S2/c35-21-5-11-28(26(37)15-21)41-39-23-7-1-18(2-8-23)19-3-9-24(10-4-19)40-44-33-32(53(49,50)51)14-20-13-31(52(46,47)48)30(17-25(20)34(33)45)43-42-29-12-6-22(36)16-27(29)38/h1-17,45H,35-38H2,(H,46,47,48)(H,49,50,51). The number of benzene rings is 6. The number of hydrogen-bond donors (Lipinski definition) is 7. The van der Waals surface area contributed by atoms with E-state index >= 15 is 0 Å². The molecule has 6 aromatic carbocycles. The third-order valence-electron chi connectivity index (χ3n) is 7.66. The first-order valence-electron chi connectivity index (χ1n) is 15.1. The average Bonchev–Trinajstić information content (AvgIpc) is 3.10. The summed E-state index contributed by atoms with van der Waals surface area (Å²) in [6.45, 7) is 0. The van der Waals surface area contributed by atoms with Crippen LogP contribution in [-0.4, -0.2) is 31.0 Å². The summed E-state index contributed by atoms with van der Waals surface area (Å²) in [5.41, 5.74) is 26.6. The Hall–Kier alpha value is -6.80. The van der Waals surface area contributed by atoms with Gasteiger partial charge in [-0.15, -0.1) is 20.5 Å². The first-order valence-corrected chi connectivity index (χ1v) is 18.0. The molecular weight excluding hydrogens is 725 g/mol. The minimum Gasteiger partial charge on any atom is -0.505 e. The van der Waals surface area contributed by atoms with E-state index in [2.05, 4.69) is 30.7 Å². The number of anilines is 4. The number of phenols is 1. The molecule has 268 valence electrons. The molecule has 0 unspecified atom stereocenters. The summed E-state index contributed by atoms with van der Waals surface area (Å²) in [6, 6.07) is 25.8. The lowest BCUT2D eigenvalue weighted by Gasteiger charge is -2.11. The summed E-state index contributed by atoms with van der Waals surface area (Å²) in [6.07, 6.45) is 0. The molecule has 0 saturated heterocycles. The first-order chi connectivity index (χ1) is 25.1. The minimum atomic E-state index is -5.05. The largest absolute Gasteiger partial charge is 0.505 e. The van der Waals surface area contributed by atoms with Gasteiger partial charge in [-0.2, -0.15) is 27.1 Å². The number of hydrogen-bond acceptors (Lipinski definition) is 15. The highest BCUT2D eigenvalue weighted by molar-refractivity contribution is 7.86. The van der Waals surface area contributed by atoms with Crippen molar-refractivity contribution in [2.45, 2.75) is 9.79 Å². The lowest BCUT2D eigenvalue weighted by atomic mass is 10.1. The third-order valence-corrected chi connectivity index (χ3v) is 9.41. The molecular formula is C34H28N10O7S2. The van der Waals surface area contributed by atoms with Crippen LogP contribution in [0.25, 0.3) is 21.9 Å². The van der Waals surface area contributed by atoms with Crippen LogP contribution in [0.15, 0.2) is 144 Å². The number of azo groups is 3. The van der Waals surface area contributed by atoms with Crippen LogP contribution in [0, 0.1) is 0 Å². The van der Waals surface area contributed by atoms with Gasteiger partial charge in [0.05, 0.1) is 22.7 Å². The molecule has 0 spiro atoms. The fourth-order valence-corrected chi connectivity index (χ4v) is 6.33. The number of rotatable bonds is 9. The van der Waals surface area contributed by atoms with Crippen molar-refractivity contribution in [2.75, 3.05) is 22.9 Å². The van der Waals surface area contributed by atoms with Gasteiger partial charge in [-0.05, 0) is 95.4 Å². The average molecular weight is 753 g/mol. The van der Waals surface area contributed by atoms with Crippen LogP contribution in [0.2, 0.25) is 0 Å². The zero-order valence-electron chi connectivity index (χ0n) is 27.1. The van der Waals surface area contributed by atoms with Gasteiger partial charge in [-0.3, -0.25) is 9.11 Å². The highest BCUT2D eigenvalue weighted by Crippen LogP contribution is 2.44. The summed E-state index contributed by atoms with van der Waals surface area (Å²) in [5.74, 6) is -0.794. The van der Waals surface area contributed by atoms with E-state index < -0.39 is 47.2 Å². The molecule has 0 aliphatic heterocycles. The number of nitrogens with zero attached hydrogens (tertiary/aromatic N) is 6. The summed E-state index contributed by atoms with van der Waals surface area (Å²) >= 11 is 0. The Bertz CT molecular complexity index is 2720. The molecule has 0 aliphatic rings. The number of nitrogen functional groups attached to an aromatic ring is 4. The van der Waals surface area contributed by atoms with Crippen LogP contribution in [0.1, 0.15) is 0 Å². The van der Waals surface area contributed by atoms with Gasteiger partial charge in [0, 0.05) is 16.8 Å². The molecule has 0 bridgehead atoms. The van der Waals surface area contributed by atoms with Crippen LogP contribution >= 0.6 is 0 Å². The highest BCUT2D eigenvalue weighted by atomic mass is 32.2. The predicted molar refractivity (Wildman–Crippen MR) is 200 cm³/mol. The molecule has 19 heteroatoms. The van der Waals surface area contributed by atoms with Gasteiger partial charge in [-0.25, -0.2) is 0 Å². The van der Waals surface area contributed by atoms with Crippen LogP contribution in [0.5, 0.6) is 5.75 Å². The van der Waals surface area contributed by atoms with Crippen molar-refractivity contribution in [1.29, 1.82) is 0 Å². The molecule has 6 rings (SSSR count). The molecule has 0 fully saturated rings. The van der Waals surface area contributed by atoms with E-state index in [1.807, 2.05) is 12.1 Å². The van der Waals surface area contributed by atoms with Crippen LogP contribution < -0.4 is 22.9 Å². The molecule has 0 aliphatic carbocycles. The van der Waals surface area contributed by atoms with E-state index in [-0.39, 0.29) is 27.8 Å². The van der Waals surface area contributed by atoms with Crippen molar-refractivity contribution in [2.24, 2.45) is 30.7 Å². The van der Waals surface area contributed by atoms with Crippen molar-refractivity contribution >= 4 is 87.9 Å². The van der Waals surface area contributed by atoms with Crippen LogP contribution in [-0.2, 0) is 20.2 Å². The van der Waals surface area contributed by atoms with Gasteiger partial charge in [0.25, 0.3) is 20.2 Å². The number of aromatic hydroxyl groups is 1. The molecule has 17 nitrogen and oxygen atoms in total. The number of nitrogens with two attached hydrogens (primary N) is 4. The van der Waals surface area contributed by atoms with Gasteiger partial charge in [0.15, 0.2) is 5.75 Å². The lowest BCUT2D eigenvalue weighted by Crippen LogP contribution is -2.01. The number of phenolic OH excluding ortho intramolecular Hbond substituents is 1. The monoisotopic (exact) mass is 752 g/mol. The van der Waals surface area contributed by atoms with Gasteiger partial charge in [-0.1, -0.05) is 24.3 Å². The summed E-state index contributed by atoms with van der Waals surface area (Å²) in [5, 5.41) is 35.0. The Labute approximate surface area is 301 Å². The maximum Gasteiger partial charge on any atom is 0.296 e. The zero-order chi connectivity index (χ0) is 38.1. The van der Waals surface area contributed by atoms with Gasteiger partial charge in [0.2, 0.25) is 0 Å². The summed E-state index contributed by atoms with van der Waals surface area (Å²) in [4.78, 5) is -1.66. The Morgan fingerprint density at radius 1 is 0.472 bits per heavy atom. The van der Waals surface area contributed by atoms with E-state index in [1.54, 1.807) is 54.6 Å². The minimum absolute atomic E-state index is 0.118.